The van der Waals surface area contributed by atoms with Gasteiger partial charge in [0.2, 0.25) is 13.6 Å². The molecule has 4 aliphatic rings. The summed E-state index contributed by atoms with van der Waals surface area (Å²) in [4.78, 5) is 11.2. The lowest BCUT2D eigenvalue weighted by Gasteiger charge is -2.17. The van der Waals surface area contributed by atoms with Crippen LogP contribution in [0.5, 0.6) is 28.7 Å². The SMILES string of the molecule is COc1c(C(C)C)oc2cc3oc(=O)ccc3cc12.c1cc2c(cc1C1OCC3C(c4ccc5c(c4)OCO5)OCC13)OCO2. The molecule has 5 aromatic rings. The highest BCUT2D eigenvalue weighted by Gasteiger charge is 2.48. The number of furan rings is 1. The Bertz CT molecular complexity index is 1880. The van der Waals surface area contributed by atoms with Crippen molar-refractivity contribution in [3.8, 4) is 28.7 Å². The molecular formula is C35H32O10. The lowest BCUT2D eigenvalue weighted by molar-refractivity contribution is 0.0192. The zero-order valence-electron chi connectivity index (χ0n) is 25.1. The van der Waals surface area contributed by atoms with Crippen molar-refractivity contribution in [2.24, 2.45) is 11.8 Å². The summed E-state index contributed by atoms with van der Waals surface area (Å²) in [5.41, 5.74) is 3.07. The van der Waals surface area contributed by atoms with Gasteiger partial charge in [0.15, 0.2) is 28.7 Å². The van der Waals surface area contributed by atoms with Crippen LogP contribution in [-0.4, -0.2) is 33.9 Å². The summed E-state index contributed by atoms with van der Waals surface area (Å²) < 4.78 is 50.6. The topological polar surface area (TPSA) is 108 Å². The minimum absolute atomic E-state index is 0.0218. The highest BCUT2D eigenvalue weighted by molar-refractivity contribution is 5.97. The van der Waals surface area contributed by atoms with Crippen LogP contribution in [0, 0.1) is 11.8 Å². The Labute approximate surface area is 258 Å². The van der Waals surface area contributed by atoms with E-state index in [4.69, 9.17) is 42.0 Å². The molecule has 9 rings (SSSR count). The van der Waals surface area contributed by atoms with Crippen molar-refractivity contribution in [2.75, 3.05) is 33.9 Å². The minimum Gasteiger partial charge on any atom is -0.492 e. The first-order valence-corrected chi connectivity index (χ1v) is 15.0. The van der Waals surface area contributed by atoms with Gasteiger partial charge in [-0.15, -0.1) is 0 Å². The average molecular weight is 613 g/mol. The molecule has 2 aromatic heterocycles. The molecule has 0 bridgehead atoms. The van der Waals surface area contributed by atoms with Crippen LogP contribution in [-0.2, 0) is 9.47 Å². The van der Waals surface area contributed by atoms with E-state index in [-0.39, 0.29) is 37.3 Å². The second-order valence-corrected chi connectivity index (χ2v) is 11.9. The Balaban J connectivity index is 0.000000141. The summed E-state index contributed by atoms with van der Waals surface area (Å²) >= 11 is 0. The van der Waals surface area contributed by atoms with Crippen LogP contribution in [0.25, 0.3) is 21.9 Å². The normalized spacial score (nSPS) is 22.6. The molecule has 0 N–H and O–H groups in total. The lowest BCUT2D eigenvalue weighted by atomic mass is 9.85. The molecule has 0 radical (unpaired) electrons. The molecule has 4 atom stereocenters. The van der Waals surface area contributed by atoms with Crippen LogP contribution in [0.3, 0.4) is 0 Å². The van der Waals surface area contributed by atoms with Crippen LogP contribution in [0.15, 0.2) is 74.3 Å². The molecule has 4 aliphatic heterocycles. The molecule has 2 saturated heterocycles. The van der Waals surface area contributed by atoms with E-state index in [1.807, 2.05) is 44.2 Å². The summed E-state index contributed by atoms with van der Waals surface area (Å²) in [5, 5.41) is 1.74. The highest BCUT2D eigenvalue weighted by atomic mass is 16.7. The van der Waals surface area contributed by atoms with Gasteiger partial charge >= 0.3 is 5.63 Å². The van der Waals surface area contributed by atoms with Gasteiger partial charge in [-0.3, -0.25) is 0 Å². The van der Waals surface area contributed by atoms with Gasteiger partial charge in [0.05, 0.1) is 37.9 Å². The molecule has 45 heavy (non-hydrogen) atoms. The Morgan fingerprint density at radius 1 is 0.689 bits per heavy atom. The first-order valence-electron chi connectivity index (χ1n) is 15.0. The van der Waals surface area contributed by atoms with Crippen molar-refractivity contribution in [3.63, 3.8) is 0 Å². The number of hydrogen-bond acceptors (Lipinski definition) is 10. The smallest absolute Gasteiger partial charge is 0.336 e. The van der Waals surface area contributed by atoms with E-state index in [1.54, 1.807) is 19.2 Å². The Morgan fingerprint density at radius 2 is 1.29 bits per heavy atom. The van der Waals surface area contributed by atoms with Crippen molar-refractivity contribution >= 4 is 21.9 Å². The summed E-state index contributed by atoms with van der Waals surface area (Å²) in [6.07, 6.45) is 0.0435. The molecule has 10 heteroatoms. The van der Waals surface area contributed by atoms with Crippen LogP contribution in [0.4, 0.5) is 0 Å². The molecule has 10 nitrogen and oxygen atoms in total. The maximum atomic E-state index is 11.2. The van der Waals surface area contributed by atoms with Crippen molar-refractivity contribution in [1.82, 2.24) is 0 Å². The summed E-state index contributed by atoms with van der Waals surface area (Å²) in [7, 11) is 1.63. The van der Waals surface area contributed by atoms with E-state index in [1.165, 1.54) is 6.07 Å². The Morgan fingerprint density at radius 3 is 1.87 bits per heavy atom. The van der Waals surface area contributed by atoms with Crippen molar-refractivity contribution in [2.45, 2.75) is 32.0 Å². The zero-order valence-corrected chi connectivity index (χ0v) is 25.1. The van der Waals surface area contributed by atoms with Gasteiger partial charge in [-0.05, 0) is 47.5 Å². The fraction of sp³-hybridized carbons (Fsp3) is 0.343. The molecule has 0 amide bonds. The van der Waals surface area contributed by atoms with Gasteiger partial charge in [0.25, 0.3) is 0 Å². The third-order valence-corrected chi connectivity index (χ3v) is 8.85. The van der Waals surface area contributed by atoms with Crippen molar-refractivity contribution < 1.29 is 42.0 Å². The molecule has 0 spiro atoms. The predicted octanol–water partition coefficient (Wildman–Crippen LogP) is 6.89. The Kier molecular flexibility index (Phi) is 6.84. The van der Waals surface area contributed by atoms with Gasteiger partial charge in [0, 0.05) is 35.3 Å². The van der Waals surface area contributed by atoms with E-state index in [9.17, 15) is 4.79 Å². The molecule has 6 heterocycles. The van der Waals surface area contributed by atoms with Gasteiger partial charge in [-0.2, -0.15) is 0 Å². The predicted molar refractivity (Wildman–Crippen MR) is 162 cm³/mol. The molecule has 2 fully saturated rings. The number of benzene rings is 3. The maximum Gasteiger partial charge on any atom is 0.336 e. The standard InChI is InChI=1S/C20H18O6.C15H14O4/c1-3-15-17(25-9-23-15)5-11(1)19-13-7-22-20(14(13)8-21-19)12-2-4-16-18(6-12)26-10-24-16;1-8(2)14-15(17-3)10-6-9-4-5-13(16)18-11(9)7-12(10)19-14/h1-6,13-14,19-20H,7-10H2;4-8H,1-3H3. The first kappa shape index (κ1) is 27.8. The van der Waals surface area contributed by atoms with Crippen LogP contribution in [0.1, 0.15) is 48.9 Å². The van der Waals surface area contributed by atoms with E-state index < -0.39 is 0 Å². The summed E-state index contributed by atoms with van der Waals surface area (Å²) in [5.74, 6) is 5.59. The second kappa shape index (κ2) is 11.0. The third-order valence-electron chi connectivity index (χ3n) is 8.85. The van der Waals surface area contributed by atoms with Crippen molar-refractivity contribution in [1.29, 1.82) is 0 Å². The fourth-order valence-corrected chi connectivity index (χ4v) is 6.66. The summed E-state index contributed by atoms with van der Waals surface area (Å²) in [6, 6.07) is 18.9. The van der Waals surface area contributed by atoms with Gasteiger partial charge in [-0.1, -0.05) is 26.0 Å². The zero-order chi connectivity index (χ0) is 30.7. The maximum absolute atomic E-state index is 11.2. The van der Waals surface area contributed by atoms with Gasteiger partial charge < -0.3 is 42.0 Å². The third kappa shape index (κ3) is 4.85. The molecule has 4 unspecified atom stereocenters. The number of fused-ring (bicyclic) bond motifs is 5. The van der Waals surface area contributed by atoms with Gasteiger partial charge in [0.1, 0.15) is 16.9 Å². The molecule has 0 saturated carbocycles. The number of rotatable bonds is 4. The van der Waals surface area contributed by atoms with Crippen LogP contribution < -0.4 is 29.3 Å². The Hall–Kier alpha value is -4.67. The summed E-state index contributed by atoms with van der Waals surface area (Å²) in [6.45, 7) is 6.02. The molecule has 0 aliphatic carbocycles. The highest BCUT2D eigenvalue weighted by Crippen LogP contribution is 2.52. The fourth-order valence-electron chi connectivity index (χ4n) is 6.66. The van der Waals surface area contributed by atoms with E-state index in [2.05, 4.69) is 12.1 Å². The van der Waals surface area contributed by atoms with E-state index in [0.717, 1.165) is 56.4 Å². The molecule has 232 valence electrons. The van der Waals surface area contributed by atoms with Gasteiger partial charge in [-0.25, -0.2) is 4.79 Å². The quantitative estimate of drug-likeness (QED) is 0.199. The van der Waals surface area contributed by atoms with Crippen LogP contribution in [0.2, 0.25) is 0 Å². The monoisotopic (exact) mass is 612 g/mol. The van der Waals surface area contributed by atoms with E-state index in [0.29, 0.717) is 36.2 Å². The number of ether oxygens (including phenoxy) is 7. The first-order chi connectivity index (χ1) is 22.0. The minimum atomic E-state index is -0.366. The van der Waals surface area contributed by atoms with Crippen LogP contribution >= 0.6 is 0 Å². The van der Waals surface area contributed by atoms with E-state index >= 15 is 0 Å². The molecular weight excluding hydrogens is 580 g/mol. The van der Waals surface area contributed by atoms with Crippen molar-refractivity contribution in [3.05, 3.63) is 88.0 Å². The molecule has 3 aromatic carbocycles. The number of methoxy groups -OCH3 is 1. The average Bonchev–Trinajstić information content (AvgIpc) is 3.87. The number of hydrogen-bond donors (Lipinski definition) is 0. The second-order valence-electron chi connectivity index (χ2n) is 11.9. The largest absolute Gasteiger partial charge is 0.492 e. The lowest BCUT2D eigenvalue weighted by Crippen LogP contribution is -2.14.